The van der Waals surface area contributed by atoms with E-state index in [1.165, 1.54) is 0 Å². The van der Waals surface area contributed by atoms with Crippen LogP contribution in [-0.2, 0) is 10.5 Å². The summed E-state index contributed by atoms with van der Waals surface area (Å²) in [5.74, 6) is 0. The second-order valence-corrected chi connectivity index (χ2v) is 1.26. The Bertz CT molecular complexity index is 166. The van der Waals surface area contributed by atoms with E-state index in [4.69, 9.17) is 11.6 Å². The molecule has 0 aliphatic heterocycles. The van der Waals surface area contributed by atoms with E-state index in [9.17, 15) is 8.42 Å². The minimum absolute atomic E-state index is 0.684. The highest BCUT2D eigenvalue weighted by Gasteiger charge is 1.69. The van der Waals surface area contributed by atoms with Crippen LogP contribution < -0.4 is 4.04 Å². The van der Waals surface area contributed by atoms with Crippen molar-refractivity contribution in [3.8, 4) is 0 Å². The van der Waals surface area contributed by atoms with Gasteiger partial charge in [-0.2, -0.15) is 0 Å². The summed E-state index contributed by atoms with van der Waals surface area (Å²) < 4.78 is 21.3. The predicted molar refractivity (Wildman–Crippen MR) is 23.0 cm³/mol. The Hall–Kier alpha value is -0.310. The van der Waals surface area contributed by atoms with Crippen LogP contribution in [0, 0.1) is 0 Å². The third kappa shape index (κ3) is 3.69. The lowest BCUT2D eigenvalue weighted by Crippen LogP contribution is -1.62. The van der Waals surface area contributed by atoms with E-state index >= 15 is 0 Å². The average molecular weight is 127 g/mol. The van der Waals surface area contributed by atoms with Crippen LogP contribution in [0.3, 0.4) is 0 Å². The molecule has 0 aromatic carbocycles. The van der Waals surface area contributed by atoms with Crippen LogP contribution >= 0.6 is 11.6 Å². The van der Waals surface area contributed by atoms with E-state index in [1.54, 1.807) is 0 Å². The quantitative estimate of drug-likeness (QED) is 0.321. The summed E-state index contributed by atoms with van der Waals surface area (Å²) in [6.07, 6.45) is 0. The fourth-order valence-corrected chi connectivity index (χ4v) is 0.293. The molecular formula is CHClNO2S+. The van der Waals surface area contributed by atoms with Crippen molar-refractivity contribution in [1.82, 2.24) is 4.04 Å². The number of nitrogens with zero attached hydrogens (tertiary/aromatic N) is 1. The zero-order chi connectivity index (χ0) is 4.99. The molecule has 0 aromatic rings. The third-order valence-electron chi connectivity index (χ3n) is 0.126. The Morgan fingerprint density at radius 2 is 2.17 bits per heavy atom. The van der Waals surface area contributed by atoms with Gasteiger partial charge in [-0.1, -0.05) is 0 Å². The molecule has 0 heterocycles. The molecule has 0 aliphatic rings. The van der Waals surface area contributed by atoms with Gasteiger partial charge in [-0.05, 0) is 0 Å². The average Bonchev–Trinajstić information content (AvgIpc) is 1.35. The van der Waals surface area contributed by atoms with E-state index in [0.717, 1.165) is 0 Å². The molecule has 0 rings (SSSR count). The first kappa shape index (κ1) is 5.69. The molecule has 0 saturated carbocycles. The van der Waals surface area contributed by atoms with Gasteiger partial charge in [0.15, 0.2) is 0 Å². The van der Waals surface area contributed by atoms with Gasteiger partial charge in [0, 0.05) is 11.6 Å². The Morgan fingerprint density at radius 1 is 1.67 bits per heavy atom. The monoisotopic (exact) mass is 126 g/mol. The van der Waals surface area contributed by atoms with Crippen LogP contribution in [0.2, 0.25) is 0 Å². The molecule has 0 radical (unpaired) electrons. The Labute approximate surface area is 41.0 Å². The van der Waals surface area contributed by atoms with E-state index in [2.05, 4.69) is 4.04 Å². The van der Waals surface area contributed by atoms with Gasteiger partial charge in [0.2, 0.25) is 0 Å². The van der Waals surface area contributed by atoms with Crippen molar-refractivity contribution >= 4 is 27.8 Å². The van der Waals surface area contributed by atoms with Gasteiger partial charge in [-0.25, -0.2) is 0 Å². The van der Waals surface area contributed by atoms with Crippen LogP contribution in [0.4, 0.5) is 0 Å². The summed E-state index contributed by atoms with van der Waals surface area (Å²) in [5, 5.41) is 0. The highest BCUT2D eigenvalue weighted by molar-refractivity contribution is 7.61. The maximum atomic E-state index is 9.32. The summed E-state index contributed by atoms with van der Waals surface area (Å²) in [4.78, 5) is 0. The number of hydrogen-bond acceptors (Lipinski definition) is 2. The first-order valence-electron chi connectivity index (χ1n) is 0.992. The molecule has 0 unspecified atom stereocenters. The first-order valence-corrected chi connectivity index (χ1v) is 2.46. The van der Waals surface area contributed by atoms with Crippen LogP contribution in [0.5, 0.6) is 0 Å². The fraction of sp³-hybridized carbons (Fsp3) is 0. The summed E-state index contributed by atoms with van der Waals surface area (Å²) in [6.45, 7) is 0. The van der Waals surface area contributed by atoms with Crippen molar-refractivity contribution in [1.29, 1.82) is 0 Å². The topological polar surface area (TPSA) is 48.2 Å². The predicted octanol–water partition coefficient (Wildman–Crippen LogP) is -0.617. The summed E-state index contributed by atoms with van der Waals surface area (Å²) in [6, 6.07) is 0. The number of rotatable bonds is 0. The van der Waals surface area contributed by atoms with Gasteiger partial charge in [0.1, 0.15) is 0 Å². The SMILES string of the molecule is O=S(=O)=[N+]=CCl. The number of hydrogen-bond donors (Lipinski definition) is 0. The molecular weight excluding hydrogens is 126 g/mol. The van der Waals surface area contributed by atoms with Gasteiger partial charge in [-0.15, -0.1) is 8.42 Å². The van der Waals surface area contributed by atoms with Crippen molar-refractivity contribution in [3.63, 3.8) is 0 Å². The molecule has 0 aromatic heterocycles. The summed E-state index contributed by atoms with van der Waals surface area (Å²) in [5.41, 5.74) is 0.684. The zero-order valence-corrected chi connectivity index (χ0v) is 4.20. The lowest BCUT2D eigenvalue weighted by Gasteiger charge is -1.19. The maximum absolute atomic E-state index is 9.32. The highest BCUT2D eigenvalue weighted by atomic mass is 35.5. The maximum Gasteiger partial charge on any atom is 0.587 e. The molecule has 6 heavy (non-hydrogen) atoms. The van der Waals surface area contributed by atoms with Crippen LogP contribution in [-0.4, -0.2) is 14.1 Å². The molecule has 0 fully saturated rings. The van der Waals surface area contributed by atoms with Crippen molar-refractivity contribution < 1.29 is 8.42 Å². The largest absolute Gasteiger partial charge is 0.587 e. The molecule has 34 valence electrons. The zero-order valence-electron chi connectivity index (χ0n) is 2.63. The van der Waals surface area contributed by atoms with Crippen molar-refractivity contribution in [2.24, 2.45) is 0 Å². The number of halogens is 1. The Kier molecular flexibility index (Phi) is 2.75. The second-order valence-electron chi connectivity index (χ2n) is 0.420. The molecule has 0 bridgehead atoms. The van der Waals surface area contributed by atoms with Crippen LogP contribution in [0.25, 0.3) is 0 Å². The Morgan fingerprint density at radius 3 is 2.17 bits per heavy atom. The van der Waals surface area contributed by atoms with E-state index in [-0.39, 0.29) is 0 Å². The van der Waals surface area contributed by atoms with Crippen molar-refractivity contribution in [2.75, 3.05) is 0 Å². The van der Waals surface area contributed by atoms with Crippen LogP contribution in [0.15, 0.2) is 0 Å². The Balaban J connectivity index is 4.66. The van der Waals surface area contributed by atoms with Gasteiger partial charge in [0.05, 0.1) is 4.04 Å². The highest BCUT2D eigenvalue weighted by Crippen LogP contribution is 1.44. The normalized spacial score (nSPS) is 6.17. The lowest BCUT2D eigenvalue weighted by atomic mass is 11.7. The van der Waals surface area contributed by atoms with Crippen molar-refractivity contribution in [3.05, 3.63) is 0 Å². The molecule has 5 heteroatoms. The molecule has 0 spiro atoms. The second kappa shape index (κ2) is 2.90. The van der Waals surface area contributed by atoms with Crippen molar-refractivity contribution in [2.45, 2.75) is 0 Å². The van der Waals surface area contributed by atoms with Gasteiger partial charge in [0.25, 0.3) is 0 Å². The molecule has 0 atom stereocenters. The van der Waals surface area contributed by atoms with E-state index in [0.29, 0.717) is 5.67 Å². The smallest absolute Gasteiger partial charge is 0.109 e. The first-order chi connectivity index (χ1) is 2.77. The van der Waals surface area contributed by atoms with Gasteiger partial charge < -0.3 is 0 Å². The summed E-state index contributed by atoms with van der Waals surface area (Å²) in [7, 11) is -2.38. The lowest BCUT2D eigenvalue weighted by molar-refractivity contribution is 0.622. The molecule has 0 amide bonds. The molecule has 0 saturated heterocycles. The minimum atomic E-state index is -2.38. The summed E-state index contributed by atoms with van der Waals surface area (Å²) >= 11 is 4.71. The molecule has 0 N–H and O–H groups in total. The standard InChI is InChI=1S/CHClNO2S/c2-1-3-6(4)5/h1H/q+1. The molecule has 0 aliphatic carbocycles. The van der Waals surface area contributed by atoms with E-state index < -0.39 is 10.5 Å². The molecule has 3 nitrogen and oxygen atoms in total. The minimum Gasteiger partial charge on any atom is -0.109 e. The van der Waals surface area contributed by atoms with Gasteiger partial charge in [-0.3, -0.25) is 0 Å². The van der Waals surface area contributed by atoms with E-state index in [1.807, 2.05) is 0 Å². The fourth-order valence-electron chi connectivity index (χ4n) is 0.0325. The van der Waals surface area contributed by atoms with Crippen LogP contribution in [0.1, 0.15) is 0 Å². The van der Waals surface area contributed by atoms with Gasteiger partial charge >= 0.3 is 16.2 Å². The third-order valence-corrected chi connectivity index (χ3v) is 0.617.